The number of benzene rings is 1. The fraction of sp³-hybridized carbons (Fsp3) is 0.500. The highest BCUT2D eigenvalue weighted by Crippen LogP contribution is 2.24. The molecule has 2 heteroatoms. The van der Waals surface area contributed by atoms with Crippen LogP contribution in [0.5, 0.6) is 0 Å². The lowest BCUT2D eigenvalue weighted by Crippen LogP contribution is -2.12. The van der Waals surface area contributed by atoms with E-state index >= 15 is 0 Å². The molecule has 0 aliphatic carbocycles. The zero-order chi connectivity index (χ0) is 9.26. The second-order valence-corrected chi connectivity index (χ2v) is 3.99. The monoisotopic (exact) mass is 211 g/mol. The summed E-state index contributed by atoms with van der Waals surface area (Å²) >= 11 is 0. The summed E-state index contributed by atoms with van der Waals surface area (Å²) in [6.07, 6.45) is 2.61. The van der Waals surface area contributed by atoms with Crippen molar-refractivity contribution in [2.24, 2.45) is 0 Å². The van der Waals surface area contributed by atoms with Gasteiger partial charge in [-0.3, -0.25) is 0 Å². The Hall–Kier alpha value is -0.530. The number of hydrogen-bond acceptors (Lipinski definition) is 1. The molecule has 0 aromatic heterocycles. The Kier molecular flexibility index (Phi) is 3.97. The second kappa shape index (κ2) is 4.81. The summed E-state index contributed by atoms with van der Waals surface area (Å²) in [5.41, 5.74) is 4.26. The largest absolute Gasteiger partial charge is 0.310 e. The number of halogens is 1. The van der Waals surface area contributed by atoms with Crippen LogP contribution in [0.1, 0.15) is 35.6 Å². The van der Waals surface area contributed by atoms with E-state index in [9.17, 15) is 0 Å². The third-order valence-corrected chi connectivity index (χ3v) is 2.99. The van der Waals surface area contributed by atoms with E-state index in [-0.39, 0.29) is 12.4 Å². The van der Waals surface area contributed by atoms with Crippen LogP contribution in [-0.4, -0.2) is 6.54 Å². The van der Waals surface area contributed by atoms with Crippen LogP contribution in [0.3, 0.4) is 0 Å². The van der Waals surface area contributed by atoms with Gasteiger partial charge >= 0.3 is 0 Å². The lowest BCUT2D eigenvalue weighted by Gasteiger charge is -2.12. The van der Waals surface area contributed by atoms with Crippen molar-refractivity contribution in [2.75, 3.05) is 6.54 Å². The van der Waals surface area contributed by atoms with Crippen LogP contribution < -0.4 is 5.32 Å². The predicted octanol–water partition coefficient (Wildman–Crippen LogP) is 3.15. The summed E-state index contributed by atoms with van der Waals surface area (Å²) in [4.78, 5) is 0. The third-order valence-electron chi connectivity index (χ3n) is 2.99. The van der Waals surface area contributed by atoms with E-state index in [1.807, 2.05) is 0 Å². The first-order valence-electron chi connectivity index (χ1n) is 5.08. The molecule has 14 heavy (non-hydrogen) atoms. The fourth-order valence-corrected chi connectivity index (χ4v) is 1.95. The van der Waals surface area contributed by atoms with Crippen molar-refractivity contribution >= 4 is 12.4 Å². The minimum Gasteiger partial charge on any atom is -0.310 e. The van der Waals surface area contributed by atoms with Crippen molar-refractivity contribution < 1.29 is 0 Å². The van der Waals surface area contributed by atoms with Crippen LogP contribution in [0.15, 0.2) is 18.2 Å². The van der Waals surface area contributed by atoms with Crippen LogP contribution in [0.4, 0.5) is 0 Å². The molecule has 1 aliphatic rings. The van der Waals surface area contributed by atoms with Crippen molar-refractivity contribution in [3.05, 3.63) is 34.9 Å². The number of hydrogen-bond donors (Lipinski definition) is 1. The summed E-state index contributed by atoms with van der Waals surface area (Å²) in [5.74, 6) is 0. The second-order valence-electron chi connectivity index (χ2n) is 3.99. The zero-order valence-electron chi connectivity index (χ0n) is 8.84. The molecule has 0 spiro atoms. The van der Waals surface area contributed by atoms with E-state index in [0.29, 0.717) is 6.04 Å². The van der Waals surface area contributed by atoms with Crippen LogP contribution in [0.25, 0.3) is 0 Å². The Labute approximate surface area is 92.3 Å². The standard InChI is InChI=1S/C12H17N.ClH/c1-9-5-6-11(8-10(9)2)12-4-3-7-13-12;/h5-6,8,12-13H,3-4,7H2,1-2H3;1H. The molecule has 1 N–H and O–H groups in total. The Balaban J connectivity index is 0.000000980. The average Bonchev–Trinajstić information content (AvgIpc) is 2.62. The first kappa shape index (κ1) is 11.5. The minimum absolute atomic E-state index is 0. The lowest BCUT2D eigenvalue weighted by atomic mass is 10.0. The van der Waals surface area contributed by atoms with Crippen molar-refractivity contribution in [3.63, 3.8) is 0 Å². The van der Waals surface area contributed by atoms with Crippen molar-refractivity contribution in [2.45, 2.75) is 32.7 Å². The molecular formula is C12H18ClN. The molecule has 0 radical (unpaired) electrons. The van der Waals surface area contributed by atoms with Crippen LogP contribution in [-0.2, 0) is 0 Å². The number of aryl methyl sites for hydroxylation is 2. The Morgan fingerprint density at radius 1 is 1.21 bits per heavy atom. The first-order valence-corrected chi connectivity index (χ1v) is 5.08. The SMILES string of the molecule is Cc1ccc(C2CCCN2)cc1C.Cl. The van der Waals surface area contributed by atoms with E-state index in [4.69, 9.17) is 0 Å². The fourth-order valence-electron chi connectivity index (χ4n) is 1.95. The summed E-state index contributed by atoms with van der Waals surface area (Å²) in [7, 11) is 0. The molecule has 1 saturated heterocycles. The molecule has 1 aromatic rings. The predicted molar refractivity (Wildman–Crippen MR) is 63.1 cm³/mol. The van der Waals surface area contributed by atoms with Crippen molar-refractivity contribution in [1.29, 1.82) is 0 Å². The molecule has 1 nitrogen and oxygen atoms in total. The molecule has 0 bridgehead atoms. The first-order chi connectivity index (χ1) is 6.27. The molecule has 1 fully saturated rings. The highest BCUT2D eigenvalue weighted by atomic mass is 35.5. The van der Waals surface area contributed by atoms with E-state index in [2.05, 4.69) is 37.4 Å². The average molecular weight is 212 g/mol. The van der Waals surface area contributed by atoms with Gasteiger partial charge in [0.2, 0.25) is 0 Å². The summed E-state index contributed by atoms with van der Waals surface area (Å²) in [6.45, 7) is 5.53. The van der Waals surface area contributed by atoms with Gasteiger partial charge in [-0.25, -0.2) is 0 Å². The maximum absolute atomic E-state index is 3.52. The highest BCUT2D eigenvalue weighted by molar-refractivity contribution is 5.85. The van der Waals surface area contributed by atoms with Gasteiger partial charge in [0.15, 0.2) is 0 Å². The van der Waals surface area contributed by atoms with Gasteiger partial charge < -0.3 is 5.32 Å². The third kappa shape index (κ3) is 2.28. The van der Waals surface area contributed by atoms with Crippen LogP contribution >= 0.6 is 12.4 Å². The lowest BCUT2D eigenvalue weighted by molar-refractivity contribution is 0.647. The molecule has 1 aromatic carbocycles. The van der Waals surface area contributed by atoms with Gasteiger partial charge in [0.25, 0.3) is 0 Å². The molecular weight excluding hydrogens is 194 g/mol. The smallest absolute Gasteiger partial charge is 0.0320 e. The van der Waals surface area contributed by atoms with Gasteiger partial charge in [0.05, 0.1) is 0 Å². The molecule has 1 unspecified atom stereocenters. The normalized spacial score (nSPS) is 20.6. The van der Waals surface area contributed by atoms with Gasteiger partial charge in [-0.05, 0) is 49.9 Å². The van der Waals surface area contributed by atoms with Crippen molar-refractivity contribution in [1.82, 2.24) is 5.32 Å². The molecule has 1 heterocycles. The topological polar surface area (TPSA) is 12.0 Å². The summed E-state index contributed by atoms with van der Waals surface area (Å²) in [6, 6.07) is 7.41. The van der Waals surface area contributed by atoms with Gasteiger partial charge in [-0.2, -0.15) is 0 Å². The zero-order valence-corrected chi connectivity index (χ0v) is 9.66. The number of nitrogens with one attached hydrogen (secondary N) is 1. The molecule has 0 amide bonds. The molecule has 1 atom stereocenters. The minimum atomic E-state index is 0. The van der Waals surface area contributed by atoms with E-state index in [1.54, 1.807) is 0 Å². The van der Waals surface area contributed by atoms with Gasteiger partial charge in [-0.1, -0.05) is 18.2 Å². The molecule has 1 aliphatic heterocycles. The van der Waals surface area contributed by atoms with Crippen LogP contribution in [0.2, 0.25) is 0 Å². The van der Waals surface area contributed by atoms with Gasteiger partial charge in [0.1, 0.15) is 0 Å². The molecule has 0 saturated carbocycles. The van der Waals surface area contributed by atoms with E-state index in [0.717, 1.165) is 0 Å². The van der Waals surface area contributed by atoms with E-state index in [1.165, 1.54) is 36.1 Å². The summed E-state index contributed by atoms with van der Waals surface area (Å²) in [5, 5.41) is 3.52. The Bertz CT molecular complexity index is 303. The summed E-state index contributed by atoms with van der Waals surface area (Å²) < 4.78 is 0. The van der Waals surface area contributed by atoms with Gasteiger partial charge in [0, 0.05) is 6.04 Å². The molecule has 78 valence electrons. The maximum atomic E-state index is 3.52. The molecule has 2 rings (SSSR count). The van der Waals surface area contributed by atoms with Gasteiger partial charge in [-0.15, -0.1) is 12.4 Å². The van der Waals surface area contributed by atoms with Crippen LogP contribution in [0, 0.1) is 13.8 Å². The Morgan fingerprint density at radius 2 is 2.00 bits per heavy atom. The Morgan fingerprint density at radius 3 is 2.57 bits per heavy atom. The van der Waals surface area contributed by atoms with E-state index < -0.39 is 0 Å². The highest BCUT2D eigenvalue weighted by Gasteiger charge is 2.15. The van der Waals surface area contributed by atoms with Crippen molar-refractivity contribution in [3.8, 4) is 0 Å². The number of rotatable bonds is 1. The maximum Gasteiger partial charge on any atom is 0.0320 e. The quantitative estimate of drug-likeness (QED) is 0.753.